The molecule has 2 aromatic carbocycles. The van der Waals surface area contributed by atoms with Crippen molar-refractivity contribution in [2.75, 3.05) is 14.1 Å². The fraction of sp³-hybridized carbons (Fsp3) is 0.350. The van der Waals surface area contributed by atoms with Gasteiger partial charge in [0.25, 0.3) is 0 Å². The summed E-state index contributed by atoms with van der Waals surface area (Å²) in [6, 6.07) is 20.2. The molecule has 0 aliphatic carbocycles. The Hall–Kier alpha value is -1.93. The van der Waals surface area contributed by atoms with E-state index in [0.29, 0.717) is 6.42 Å². The molecule has 0 radical (unpaired) electrons. The van der Waals surface area contributed by atoms with Crippen LogP contribution in [-0.4, -0.2) is 24.8 Å². The van der Waals surface area contributed by atoms with Crippen molar-refractivity contribution >= 4 is 5.78 Å². The zero-order valence-electron chi connectivity index (χ0n) is 13.8. The Morgan fingerprint density at radius 3 is 1.73 bits per heavy atom. The molecule has 0 saturated heterocycles. The molecule has 2 rings (SSSR count). The second-order valence-corrected chi connectivity index (χ2v) is 5.86. The number of carbonyl (C=O) groups is 1. The van der Waals surface area contributed by atoms with Gasteiger partial charge in [-0.25, -0.2) is 0 Å². The van der Waals surface area contributed by atoms with Crippen LogP contribution in [0.4, 0.5) is 0 Å². The van der Waals surface area contributed by atoms with Gasteiger partial charge in [0, 0.05) is 6.42 Å². The first-order valence-electron chi connectivity index (χ1n) is 7.95. The minimum atomic E-state index is -0.711. The predicted octanol–water partition coefficient (Wildman–Crippen LogP) is 4.25. The summed E-state index contributed by atoms with van der Waals surface area (Å²) in [4.78, 5) is 15.3. The Kier molecular flexibility index (Phi) is 5.51. The summed E-state index contributed by atoms with van der Waals surface area (Å²) in [5.41, 5.74) is 1.36. The van der Waals surface area contributed by atoms with Gasteiger partial charge in [0.05, 0.1) is 0 Å². The van der Waals surface area contributed by atoms with E-state index in [1.165, 1.54) is 0 Å². The van der Waals surface area contributed by atoms with Crippen LogP contribution in [0, 0.1) is 0 Å². The van der Waals surface area contributed by atoms with Crippen LogP contribution in [0.1, 0.15) is 37.3 Å². The van der Waals surface area contributed by atoms with Crippen molar-refractivity contribution in [1.82, 2.24) is 4.90 Å². The third-order valence-electron chi connectivity index (χ3n) is 4.21. The monoisotopic (exact) mass is 295 g/mol. The van der Waals surface area contributed by atoms with Crippen molar-refractivity contribution in [3.8, 4) is 0 Å². The molecule has 0 N–H and O–H groups in total. The fourth-order valence-electron chi connectivity index (χ4n) is 3.13. The average molecular weight is 295 g/mol. The molecule has 0 aliphatic heterocycles. The van der Waals surface area contributed by atoms with Gasteiger partial charge in [-0.3, -0.25) is 9.69 Å². The van der Waals surface area contributed by atoms with E-state index in [1.807, 2.05) is 50.5 Å². The van der Waals surface area contributed by atoms with Gasteiger partial charge in [0.2, 0.25) is 0 Å². The van der Waals surface area contributed by atoms with E-state index in [0.717, 1.165) is 24.0 Å². The summed E-state index contributed by atoms with van der Waals surface area (Å²) >= 11 is 0. The second-order valence-electron chi connectivity index (χ2n) is 5.86. The lowest BCUT2D eigenvalue weighted by Gasteiger charge is -2.39. The molecule has 0 atom stereocenters. The standard InChI is InChI=1S/C20H25NO/c1-4-5-16-19(22)20(21(2)3,17-12-8-6-9-13-17)18-14-10-7-11-15-18/h6-15H,4-5,16H2,1-3H3. The molecule has 0 spiro atoms. The van der Waals surface area contributed by atoms with Crippen LogP contribution in [0.25, 0.3) is 0 Å². The summed E-state index contributed by atoms with van der Waals surface area (Å²) < 4.78 is 0. The molecule has 0 fully saturated rings. The Morgan fingerprint density at radius 1 is 0.909 bits per heavy atom. The predicted molar refractivity (Wildman–Crippen MR) is 91.9 cm³/mol. The van der Waals surface area contributed by atoms with Gasteiger partial charge in [-0.15, -0.1) is 0 Å². The van der Waals surface area contributed by atoms with E-state index in [9.17, 15) is 4.79 Å². The Balaban J connectivity index is 2.63. The molecule has 0 bridgehead atoms. The quantitative estimate of drug-likeness (QED) is 0.761. The van der Waals surface area contributed by atoms with E-state index < -0.39 is 5.54 Å². The highest BCUT2D eigenvalue weighted by Crippen LogP contribution is 2.36. The van der Waals surface area contributed by atoms with Crippen LogP contribution in [0.2, 0.25) is 0 Å². The van der Waals surface area contributed by atoms with Crippen LogP contribution >= 0.6 is 0 Å². The minimum absolute atomic E-state index is 0.261. The molecule has 2 aromatic rings. The third kappa shape index (κ3) is 2.97. The zero-order valence-corrected chi connectivity index (χ0v) is 13.8. The molecule has 2 nitrogen and oxygen atoms in total. The molecule has 0 saturated carbocycles. The largest absolute Gasteiger partial charge is 0.297 e. The first kappa shape index (κ1) is 16.4. The molecule has 22 heavy (non-hydrogen) atoms. The number of hydrogen-bond donors (Lipinski definition) is 0. The Bertz CT molecular complexity index is 550. The van der Waals surface area contributed by atoms with E-state index in [2.05, 4.69) is 36.1 Å². The van der Waals surface area contributed by atoms with Gasteiger partial charge in [0.15, 0.2) is 5.78 Å². The van der Waals surface area contributed by atoms with Gasteiger partial charge in [-0.05, 0) is 31.6 Å². The number of hydrogen-bond acceptors (Lipinski definition) is 2. The number of Topliss-reactive ketones (excluding diaryl/α,β-unsaturated/α-hetero) is 1. The first-order chi connectivity index (χ1) is 10.6. The summed E-state index contributed by atoms with van der Waals surface area (Å²) in [6.07, 6.45) is 2.55. The smallest absolute Gasteiger partial charge is 0.162 e. The maximum Gasteiger partial charge on any atom is 0.162 e. The molecule has 0 aliphatic rings. The molecule has 116 valence electrons. The number of ketones is 1. The zero-order chi connectivity index (χ0) is 16.0. The highest BCUT2D eigenvalue weighted by Gasteiger charge is 2.43. The molecular formula is C20H25NO. The van der Waals surface area contributed by atoms with Crippen molar-refractivity contribution in [2.24, 2.45) is 0 Å². The van der Waals surface area contributed by atoms with E-state index >= 15 is 0 Å². The topological polar surface area (TPSA) is 20.3 Å². The number of likely N-dealkylation sites (N-methyl/N-ethyl adjacent to an activating group) is 1. The first-order valence-corrected chi connectivity index (χ1v) is 7.95. The molecule has 0 aromatic heterocycles. The normalized spacial score (nSPS) is 11.6. The molecule has 0 amide bonds. The third-order valence-corrected chi connectivity index (χ3v) is 4.21. The summed E-state index contributed by atoms with van der Waals surface area (Å²) in [5.74, 6) is 0.261. The summed E-state index contributed by atoms with van der Waals surface area (Å²) in [5, 5.41) is 0. The maximum atomic E-state index is 13.2. The van der Waals surface area contributed by atoms with Crippen molar-refractivity contribution in [1.29, 1.82) is 0 Å². The van der Waals surface area contributed by atoms with E-state index in [1.54, 1.807) is 0 Å². The van der Waals surface area contributed by atoms with Crippen LogP contribution in [0.3, 0.4) is 0 Å². The molecule has 0 heterocycles. The Labute approximate surface area is 133 Å². The van der Waals surface area contributed by atoms with E-state index in [4.69, 9.17) is 0 Å². The van der Waals surface area contributed by atoms with Crippen molar-refractivity contribution < 1.29 is 4.79 Å². The SMILES string of the molecule is CCCCC(=O)C(c1ccccc1)(c1ccccc1)N(C)C. The van der Waals surface area contributed by atoms with Gasteiger partial charge >= 0.3 is 0 Å². The van der Waals surface area contributed by atoms with Gasteiger partial charge in [0.1, 0.15) is 5.54 Å². The number of benzene rings is 2. The van der Waals surface area contributed by atoms with E-state index in [-0.39, 0.29) is 5.78 Å². The average Bonchev–Trinajstić information content (AvgIpc) is 2.55. The molecule has 0 unspecified atom stereocenters. The lowest BCUT2D eigenvalue weighted by Crippen LogP contribution is -2.49. The Morgan fingerprint density at radius 2 is 1.36 bits per heavy atom. The van der Waals surface area contributed by atoms with Crippen molar-refractivity contribution in [3.63, 3.8) is 0 Å². The number of carbonyl (C=O) groups excluding carboxylic acids is 1. The summed E-state index contributed by atoms with van der Waals surface area (Å²) in [7, 11) is 3.98. The van der Waals surface area contributed by atoms with Crippen LogP contribution in [0.5, 0.6) is 0 Å². The van der Waals surface area contributed by atoms with Gasteiger partial charge in [-0.2, -0.15) is 0 Å². The van der Waals surface area contributed by atoms with Crippen molar-refractivity contribution in [2.45, 2.75) is 31.7 Å². The second kappa shape index (κ2) is 7.37. The highest BCUT2D eigenvalue weighted by molar-refractivity contribution is 5.93. The molecular weight excluding hydrogens is 270 g/mol. The van der Waals surface area contributed by atoms with Gasteiger partial charge < -0.3 is 0 Å². The fourth-order valence-corrected chi connectivity index (χ4v) is 3.13. The number of rotatable bonds is 7. The van der Waals surface area contributed by atoms with Crippen LogP contribution in [0.15, 0.2) is 60.7 Å². The maximum absolute atomic E-state index is 13.2. The minimum Gasteiger partial charge on any atom is -0.297 e. The highest BCUT2D eigenvalue weighted by atomic mass is 16.1. The van der Waals surface area contributed by atoms with Crippen molar-refractivity contribution in [3.05, 3.63) is 71.8 Å². The van der Waals surface area contributed by atoms with Crippen LogP contribution < -0.4 is 0 Å². The number of unbranched alkanes of at least 4 members (excludes halogenated alkanes) is 1. The number of nitrogens with zero attached hydrogens (tertiary/aromatic N) is 1. The van der Waals surface area contributed by atoms with Crippen LogP contribution in [-0.2, 0) is 10.3 Å². The lowest BCUT2D eigenvalue weighted by molar-refractivity contribution is -0.128. The lowest BCUT2D eigenvalue weighted by atomic mass is 9.76. The van der Waals surface area contributed by atoms with Gasteiger partial charge in [-0.1, -0.05) is 74.0 Å². The summed E-state index contributed by atoms with van der Waals surface area (Å²) in [6.45, 7) is 2.12. The molecule has 2 heteroatoms.